The van der Waals surface area contributed by atoms with Crippen LogP contribution >= 0.6 is 0 Å². The molecule has 0 aliphatic rings. The maximum Gasteiger partial charge on any atom is 0.221 e. The van der Waals surface area contributed by atoms with Crippen LogP contribution in [-0.2, 0) is 16.1 Å². The highest BCUT2D eigenvalue weighted by Gasteiger charge is 2.12. The molecular weight excluding hydrogens is 254 g/mol. The van der Waals surface area contributed by atoms with Gasteiger partial charge in [-0.15, -0.1) is 0 Å². The highest BCUT2D eigenvalue weighted by atomic mass is 16.2. The molecule has 0 spiro atoms. The summed E-state index contributed by atoms with van der Waals surface area (Å²) in [6.45, 7) is 7.19. The van der Waals surface area contributed by atoms with Gasteiger partial charge in [0, 0.05) is 45.4 Å². The van der Waals surface area contributed by atoms with Crippen molar-refractivity contribution in [2.24, 2.45) is 5.92 Å². The van der Waals surface area contributed by atoms with Gasteiger partial charge in [0.05, 0.1) is 0 Å². The van der Waals surface area contributed by atoms with Gasteiger partial charge in [0.25, 0.3) is 0 Å². The van der Waals surface area contributed by atoms with E-state index in [4.69, 9.17) is 0 Å². The average Bonchev–Trinajstić information content (AvgIpc) is 2.42. The van der Waals surface area contributed by atoms with Crippen LogP contribution in [0, 0.1) is 5.92 Å². The van der Waals surface area contributed by atoms with Crippen LogP contribution in [0.15, 0.2) is 24.5 Å². The van der Waals surface area contributed by atoms with Crippen LogP contribution in [0.1, 0.15) is 32.8 Å². The van der Waals surface area contributed by atoms with Gasteiger partial charge in [0.2, 0.25) is 11.8 Å². The molecule has 0 radical (unpaired) electrons. The van der Waals surface area contributed by atoms with Gasteiger partial charge in [-0.1, -0.05) is 19.9 Å². The van der Waals surface area contributed by atoms with Crippen LogP contribution < -0.4 is 5.32 Å². The van der Waals surface area contributed by atoms with E-state index < -0.39 is 0 Å². The molecule has 1 aromatic rings. The van der Waals surface area contributed by atoms with E-state index in [9.17, 15) is 9.59 Å². The lowest BCUT2D eigenvalue weighted by Gasteiger charge is -2.20. The lowest BCUT2D eigenvalue weighted by Crippen LogP contribution is -2.34. The highest BCUT2D eigenvalue weighted by Crippen LogP contribution is 2.04. The molecule has 0 fully saturated rings. The second-order valence-corrected chi connectivity index (χ2v) is 5.25. The van der Waals surface area contributed by atoms with Gasteiger partial charge in [-0.3, -0.25) is 14.6 Å². The summed E-state index contributed by atoms with van der Waals surface area (Å²) in [6, 6.07) is 3.75. The number of rotatable bonds is 7. The van der Waals surface area contributed by atoms with E-state index in [1.165, 1.54) is 6.92 Å². The first-order valence-corrected chi connectivity index (χ1v) is 6.90. The van der Waals surface area contributed by atoms with Crippen molar-refractivity contribution >= 4 is 11.8 Å². The fourth-order valence-corrected chi connectivity index (χ4v) is 1.70. The normalized spacial score (nSPS) is 10.4. The monoisotopic (exact) mass is 277 g/mol. The smallest absolute Gasteiger partial charge is 0.221 e. The van der Waals surface area contributed by atoms with Gasteiger partial charge in [-0.25, -0.2) is 0 Å². The first kappa shape index (κ1) is 16.1. The lowest BCUT2D eigenvalue weighted by atomic mass is 10.2. The van der Waals surface area contributed by atoms with Crippen LogP contribution in [-0.4, -0.2) is 34.8 Å². The summed E-state index contributed by atoms with van der Waals surface area (Å²) in [5.74, 6) is 0.375. The molecule has 0 aliphatic carbocycles. The molecule has 1 heterocycles. The Morgan fingerprint density at radius 3 is 2.70 bits per heavy atom. The van der Waals surface area contributed by atoms with Crippen molar-refractivity contribution in [2.45, 2.75) is 33.7 Å². The first-order valence-electron chi connectivity index (χ1n) is 6.90. The van der Waals surface area contributed by atoms with Gasteiger partial charge in [0.15, 0.2) is 0 Å². The minimum Gasteiger partial charge on any atom is -0.356 e. The standard InChI is InChI=1S/C15H23N3O2/c1-12(2)9-17-15(20)6-8-18(13(3)19)11-14-5-4-7-16-10-14/h4-5,7,10,12H,6,8-9,11H2,1-3H3,(H,17,20). The number of hydrogen-bond donors (Lipinski definition) is 1. The Balaban J connectivity index is 2.44. The number of aromatic nitrogens is 1. The molecule has 110 valence electrons. The number of nitrogens with one attached hydrogen (secondary N) is 1. The van der Waals surface area contributed by atoms with Crippen molar-refractivity contribution in [2.75, 3.05) is 13.1 Å². The fourth-order valence-electron chi connectivity index (χ4n) is 1.70. The second kappa shape index (κ2) is 8.30. The number of carbonyl (C=O) groups is 2. The predicted octanol–water partition coefficient (Wildman–Crippen LogP) is 1.59. The van der Waals surface area contributed by atoms with E-state index in [1.54, 1.807) is 17.3 Å². The van der Waals surface area contributed by atoms with Crippen molar-refractivity contribution < 1.29 is 9.59 Å². The molecule has 0 saturated heterocycles. The van der Waals surface area contributed by atoms with Gasteiger partial charge in [0.1, 0.15) is 0 Å². The van der Waals surface area contributed by atoms with E-state index in [0.29, 0.717) is 32.0 Å². The summed E-state index contributed by atoms with van der Waals surface area (Å²) in [6.07, 6.45) is 3.75. The van der Waals surface area contributed by atoms with Crippen LogP contribution in [0.2, 0.25) is 0 Å². The Morgan fingerprint density at radius 2 is 2.15 bits per heavy atom. The molecule has 1 rings (SSSR count). The molecule has 2 amide bonds. The Kier molecular flexibility index (Phi) is 6.70. The van der Waals surface area contributed by atoms with E-state index in [-0.39, 0.29) is 11.8 Å². The highest BCUT2D eigenvalue weighted by molar-refractivity contribution is 5.78. The summed E-state index contributed by atoms with van der Waals surface area (Å²) in [4.78, 5) is 28.9. The van der Waals surface area contributed by atoms with E-state index in [0.717, 1.165) is 5.56 Å². The molecule has 0 saturated carbocycles. The molecule has 0 atom stereocenters. The summed E-state index contributed by atoms with van der Waals surface area (Å²) in [5.41, 5.74) is 0.963. The Bertz CT molecular complexity index is 432. The van der Waals surface area contributed by atoms with Gasteiger partial charge >= 0.3 is 0 Å². The van der Waals surface area contributed by atoms with Crippen LogP contribution in [0.4, 0.5) is 0 Å². The van der Waals surface area contributed by atoms with E-state index in [2.05, 4.69) is 10.3 Å². The average molecular weight is 277 g/mol. The van der Waals surface area contributed by atoms with Crippen molar-refractivity contribution in [3.8, 4) is 0 Å². The van der Waals surface area contributed by atoms with Crippen molar-refractivity contribution in [1.82, 2.24) is 15.2 Å². The van der Waals surface area contributed by atoms with Gasteiger partial charge in [-0.05, 0) is 17.5 Å². The maximum atomic E-state index is 11.7. The largest absolute Gasteiger partial charge is 0.356 e. The quantitative estimate of drug-likeness (QED) is 0.823. The molecule has 5 heteroatoms. The number of pyridine rings is 1. The van der Waals surface area contributed by atoms with Crippen molar-refractivity contribution in [1.29, 1.82) is 0 Å². The van der Waals surface area contributed by atoms with E-state index >= 15 is 0 Å². The number of carbonyl (C=O) groups excluding carboxylic acids is 2. The number of nitrogens with zero attached hydrogens (tertiary/aromatic N) is 2. The minimum absolute atomic E-state index is 0.0175. The molecule has 0 aliphatic heterocycles. The predicted molar refractivity (Wildman–Crippen MR) is 77.8 cm³/mol. The SMILES string of the molecule is CC(=O)N(CCC(=O)NCC(C)C)Cc1cccnc1. The maximum absolute atomic E-state index is 11.7. The summed E-state index contributed by atoms with van der Waals surface area (Å²) >= 11 is 0. The first-order chi connectivity index (χ1) is 9.49. The van der Waals surface area contributed by atoms with Crippen molar-refractivity contribution in [3.63, 3.8) is 0 Å². The van der Waals surface area contributed by atoms with Crippen LogP contribution in [0.25, 0.3) is 0 Å². The zero-order chi connectivity index (χ0) is 15.0. The third-order valence-electron chi connectivity index (χ3n) is 2.86. The molecule has 20 heavy (non-hydrogen) atoms. The van der Waals surface area contributed by atoms with Gasteiger partial charge in [-0.2, -0.15) is 0 Å². The van der Waals surface area contributed by atoms with Gasteiger partial charge < -0.3 is 10.2 Å². The number of amides is 2. The zero-order valence-electron chi connectivity index (χ0n) is 12.4. The second-order valence-electron chi connectivity index (χ2n) is 5.25. The van der Waals surface area contributed by atoms with Crippen LogP contribution in [0.5, 0.6) is 0 Å². The Labute approximate surface area is 120 Å². The molecule has 0 bridgehead atoms. The molecule has 1 N–H and O–H groups in total. The molecular formula is C15H23N3O2. The Hall–Kier alpha value is -1.91. The summed E-state index contributed by atoms with van der Waals surface area (Å²) in [5, 5.41) is 2.85. The fraction of sp³-hybridized carbons (Fsp3) is 0.533. The summed E-state index contributed by atoms with van der Waals surface area (Å²) < 4.78 is 0. The molecule has 5 nitrogen and oxygen atoms in total. The summed E-state index contributed by atoms with van der Waals surface area (Å²) in [7, 11) is 0. The third-order valence-corrected chi connectivity index (χ3v) is 2.86. The molecule has 0 aromatic carbocycles. The van der Waals surface area contributed by atoms with Crippen molar-refractivity contribution in [3.05, 3.63) is 30.1 Å². The lowest BCUT2D eigenvalue weighted by molar-refractivity contribution is -0.130. The van der Waals surface area contributed by atoms with E-state index in [1.807, 2.05) is 26.0 Å². The third kappa shape index (κ3) is 6.31. The molecule has 1 aromatic heterocycles. The Morgan fingerprint density at radius 1 is 1.40 bits per heavy atom. The topological polar surface area (TPSA) is 62.3 Å². The zero-order valence-corrected chi connectivity index (χ0v) is 12.4. The number of hydrogen-bond acceptors (Lipinski definition) is 3. The molecule has 0 unspecified atom stereocenters. The minimum atomic E-state index is -0.0366. The van der Waals surface area contributed by atoms with Crippen LogP contribution in [0.3, 0.4) is 0 Å².